The molecular formula is C23H34FIN4O3. The van der Waals surface area contributed by atoms with Gasteiger partial charge in [-0.2, -0.15) is 0 Å². The van der Waals surface area contributed by atoms with Crippen LogP contribution < -0.4 is 15.4 Å². The molecule has 0 saturated heterocycles. The Morgan fingerprint density at radius 3 is 2.47 bits per heavy atom. The Kier molecular flexibility index (Phi) is 15.4. The van der Waals surface area contributed by atoms with E-state index < -0.39 is 0 Å². The summed E-state index contributed by atoms with van der Waals surface area (Å²) in [6, 6.07) is 9.52. The van der Waals surface area contributed by atoms with Gasteiger partial charge >= 0.3 is 0 Å². The van der Waals surface area contributed by atoms with Crippen molar-refractivity contribution in [3.63, 3.8) is 0 Å². The number of benzene rings is 1. The number of nitrogens with one attached hydrogen (secondary N) is 2. The average molecular weight is 560 g/mol. The minimum Gasteiger partial charge on any atom is -0.439 e. The topological polar surface area (TPSA) is 77.0 Å². The number of halogens is 2. The van der Waals surface area contributed by atoms with E-state index in [9.17, 15) is 4.39 Å². The molecule has 178 valence electrons. The minimum absolute atomic E-state index is 0. The van der Waals surface area contributed by atoms with Gasteiger partial charge in [0.2, 0.25) is 5.88 Å². The largest absolute Gasteiger partial charge is 0.439 e. The van der Waals surface area contributed by atoms with Crippen LogP contribution in [0.25, 0.3) is 0 Å². The molecular weight excluding hydrogens is 526 g/mol. The highest BCUT2D eigenvalue weighted by Crippen LogP contribution is 2.20. The van der Waals surface area contributed by atoms with Crippen molar-refractivity contribution in [1.82, 2.24) is 15.6 Å². The van der Waals surface area contributed by atoms with Crippen LogP contribution in [-0.4, -0.2) is 50.5 Å². The van der Waals surface area contributed by atoms with Gasteiger partial charge in [0.15, 0.2) is 5.96 Å². The highest BCUT2D eigenvalue weighted by molar-refractivity contribution is 14.0. The molecule has 2 aromatic rings. The maximum absolute atomic E-state index is 13.0. The number of hydrogen-bond acceptors (Lipinski definition) is 5. The molecule has 0 bridgehead atoms. The maximum Gasteiger partial charge on any atom is 0.219 e. The Labute approximate surface area is 207 Å². The van der Waals surface area contributed by atoms with E-state index in [1.54, 1.807) is 18.3 Å². The molecule has 0 spiro atoms. The minimum atomic E-state index is -0.308. The predicted molar refractivity (Wildman–Crippen MR) is 135 cm³/mol. The van der Waals surface area contributed by atoms with Crippen molar-refractivity contribution in [1.29, 1.82) is 0 Å². The standard InChI is InChI=1S/C23H33FN4O3.HI/c1-3-5-13-29-15-16-30-14-12-27-23(25-4-2)28-18-19-10-11-26-22(17-19)31-21-8-6-20(24)7-9-21;/h6-11,17H,3-5,12-16,18H2,1-2H3,(H2,25,27,28);1H. The second-order valence-electron chi connectivity index (χ2n) is 6.76. The smallest absolute Gasteiger partial charge is 0.219 e. The van der Waals surface area contributed by atoms with Crippen molar-refractivity contribution in [2.75, 3.05) is 39.5 Å². The second-order valence-corrected chi connectivity index (χ2v) is 6.76. The third-order valence-corrected chi connectivity index (χ3v) is 4.15. The first-order valence-corrected chi connectivity index (χ1v) is 10.8. The van der Waals surface area contributed by atoms with Crippen molar-refractivity contribution in [2.24, 2.45) is 4.99 Å². The molecule has 0 atom stereocenters. The lowest BCUT2D eigenvalue weighted by atomic mass is 10.2. The molecule has 7 nitrogen and oxygen atoms in total. The number of ether oxygens (including phenoxy) is 3. The molecule has 0 aliphatic rings. The lowest BCUT2D eigenvalue weighted by Crippen LogP contribution is -2.39. The van der Waals surface area contributed by atoms with Crippen LogP contribution in [0.5, 0.6) is 11.6 Å². The Balaban J connectivity index is 0.00000512. The van der Waals surface area contributed by atoms with E-state index in [1.165, 1.54) is 12.1 Å². The number of guanidine groups is 1. The molecule has 0 radical (unpaired) electrons. The fourth-order valence-corrected chi connectivity index (χ4v) is 2.55. The van der Waals surface area contributed by atoms with Crippen LogP contribution >= 0.6 is 24.0 Å². The first-order valence-electron chi connectivity index (χ1n) is 10.8. The number of unbranched alkanes of at least 4 members (excludes halogenated alkanes) is 1. The summed E-state index contributed by atoms with van der Waals surface area (Å²) in [5.41, 5.74) is 0.949. The Morgan fingerprint density at radius 1 is 1.00 bits per heavy atom. The first-order chi connectivity index (χ1) is 15.2. The van der Waals surface area contributed by atoms with Gasteiger partial charge in [0, 0.05) is 32.0 Å². The zero-order chi connectivity index (χ0) is 22.2. The summed E-state index contributed by atoms with van der Waals surface area (Å²) in [4.78, 5) is 8.79. The van der Waals surface area contributed by atoms with Gasteiger partial charge in [0.25, 0.3) is 0 Å². The van der Waals surface area contributed by atoms with Gasteiger partial charge in [-0.25, -0.2) is 14.4 Å². The number of rotatable bonds is 14. The Hall–Kier alpha value is -1.98. The van der Waals surface area contributed by atoms with E-state index in [4.69, 9.17) is 14.2 Å². The average Bonchev–Trinajstić information content (AvgIpc) is 2.78. The quantitative estimate of drug-likeness (QED) is 0.153. The van der Waals surface area contributed by atoms with E-state index in [0.717, 1.165) is 31.6 Å². The molecule has 0 unspecified atom stereocenters. The zero-order valence-electron chi connectivity index (χ0n) is 18.8. The van der Waals surface area contributed by atoms with Crippen LogP contribution in [0.3, 0.4) is 0 Å². The lowest BCUT2D eigenvalue weighted by molar-refractivity contribution is 0.0487. The molecule has 1 heterocycles. The normalized spacial score (nSPS) is 11.0. The van der Waals surface area contributed by atoms with Gasteiger partial charge < -0.3 is 24.8 Å². The Bertz CT molecular complexity index is 778. The van der Waals surface area contributed by atoms with Crippen molar-refractivity contribution < 1.29 is 18.6 Å². The van der Waals surface area contributed by atoms with Crippen molar-refractivity contribution in [3.8, 4) is 11.6 Å². The molecule has 0 fully saturated rings. The molecule has 2 rings (SSSR count). The molecule has 0 amide bonds. The number of pyridine rings is 1. The van der Waals surface area contributed by atoms with Crippen LogP contribution in [0.4, 0.5) is 4.39 Å². The van der Waals surface area contributed by atoms with Crippen LogP contribution in [0.1, 0.15) is 32.3 Å². The number of nitrogens with zero attached hydrogens (tertiary/aromatic N) is 2. The highest BCUT2D eigenvalue weighted by Gasteiger charge is 2.02. The summed E-state index contributed by atoms with van der Waals surface area (Å²) >= 11 is 0. The molecule has 9 heteroatoms. The van der Waals surface area contributed by atoms with Crippen LogP contribution in [-0.2, 0) is 16.0 Å². The lowest BCUT2D eigenvalue weighted by Gasteiger charge is -2.12. The summed E-state index contributed by atoms with van der Waals surface area (Å²) in [7, 11) is 0. The third-order valence-electron chi connectivity index (χ3n) is 4.15. The second kappa shape index (κ2) is 17.6. The van der Waals surface area contributed by atoms with E-state index in [-0.39, 0.29) is 29.8 Å². The number of aliphatic imine (C=N–C) groups is 1. The fourth-order valence-electron chi connectivity index (χ4n) is 2.55. The van der Waals surface area contributed by atoms with Gasteiger partial charge in [0.05, 0.1) is 26.4 Å². The van der Waals surface area contributed by atoms with Crippen molar-refractivity contribution >= 4 is 29.9 Å². The zero-order valence-corrected chi connectivity index (χ0v) is 21.1. The summed E-state index contributed by atoms with van der Waals surface area (Å²) in [5, 5.41) is 6.47. The van der Waals surface area contributed by atoms with E-state index in [1.807, 2.05) is 19.1 Å². The molecule has 1 aromatic carbocycles. The molecule has 32 heavy (non-hydrogen) atoms. The summed E-state index contributed by atoms with van der Waals surface area (Å²) in [5.74, 6) is 1.37. The molecule has 1 aromatic heterocycles. The fraction of sp³-hybridized carbons (Fsp3) is 0.478. The molecule has 2 N–H and O–H groups in total. The van der Waals surface area contributed by atoms with Gasteiger partial charge in [-0.3, -0.25) is 0 Å². The SMILES string of the molecule is CCCCOCCOCCNC(=NCc1ccnc(Oc2ccc(F)cc2)c1)NCC.I. The van der Waals surface area contributed by atoms with Crippen LogP contribution in [0.15, 0.2) is 47.6 Å². The third kappa shape index (κ3) is 12.2. The van der Waals surface area contributed by atoms with Gasteiger partial charge in [-0.05, 0) is 49.2 Å². The van der Waals surface area contributed by atoms with Gasteiger partial charge in [0.1, 0.15) is 11.6 Å². The maximum atomic E-state index is 13.0. The monoisotopic (exact) mass is 560 g/mol. The number of hydrogen-bond donors (Lipinski definition) is 2. The summed E-state index contributed by atoms with van der Waals surface area (Å²) in [6.07, 6.45) is 3.89. The van der Waals surface area contributed by atoms with Gasteiger partial charge in [-0.1, -0.05) is 13.3 Å². The van der Waals surface area contributed by atoms with E-state index >= 15 is 0 Å². The predicted octanol–water partition coefficient (Wildman–Crippen LogP) is 4.52. The highest BCUT2D eigenvalue weighted by atomic mass is 127. The molecule has 0 aliphatic carbocycles. The van der Waals surface area contributed by atoms with Crippen LogP contribution in [0, 0.1) is 5.82 Å². The van der Waals surface area contributed by atoms with Crippen molar-refractivity contribution in [2.45, 2.75) is 33.2 Å². The Morgan fingerprint density at radius 2 is 1.75 bits per heavy atom. The first kappa shape index (κ1) is 28.1. The summed E-state index contributed by atoms with van der Waals surface area (Å²) < 4.78 is 29.7. The molecule has 0 aliphatic heterocycles. The van der Waals surface area contributed by atoms with Crippen LogP contribution in [0.2, 0.25) is 0 Å². The van der Waals surface area contributed by atoms with E-state index in [0.29, 0.717) is 50.5 Å². The molecule has 0 saturated carbocycles. The van der Waals surface area contributed by atoms with Gasteiger partial charge in [-0.15, -0.1) is 24.0 Å². The van der Waals surface area contributed by atoms with Crippen molar-refractivity contribution in [3.05, 3.63) is 54.0 Å². The van der Waals surface area contributed by atoms with E-state index in [2.05, 4.69) is 27.5 Å². The summed E-state index contributed by atoms with van der Waals surface area (Å²) in [6.45, 7) is 8.61. The number of aromatic nitrogens is 1.